The number of hydrogen-bond acceptors (Lipinski definition) is 3. The standard InChI is InChI=1S/C13H17BrN4/c1-9-4-13(11(14)5-12(9)15)17(2)7-10-6-16-18(3)8-10/h4-6,8H,7,15H2,1-3H3. The van der Waals surface area contributed by atoms with Gasteiger partial charge in [0.2, 0.25) is 0 Å². The molecule has 0 aliphatic heterocycles. The summed E-state index contributed by atoms with van der Waals surface area (Å²) in [5.74, 6) is 0. The number of benzene rings is 1. The molecular weight excluding hydrogens is 292 g/mol. The van der Waals surface area contributed by atoms with Crippen LogP contribution < -0.4 is 10.6 Å². The van der Waals surface area contributed by atoms with Crippen LogP contribution in [0.25, 0.3) is 0 Å². The second-order valence-electron chi connectivity index (χ2n) is 4.54. The van der Waals surface area contributed by atoms with E-state index in [1.807, 2.05) is 37.1 Å². The predicted molar refractivity (Wildman–Crippen MR) is 78.6 cm³/mol. The fourth-order valence-corrected chi connectivity index (χ4v) is 2.55. The zero-order valence-electron chi connectivity index (χ0n) is 10.8. The van der Waals surface area contributed by atoms with Crippen LogP contribution in [0.5, 0.6) is 0 Å². The van der Waals surface area contributed by atoms with Crippen molar-refractivity contribution >= 4 is 27.3 Å². The Labute approximate surface area is 116 Å². The van der Waals surface area contributed by atoms with Crippen LogP contribution in [0.2, 0.25) is 0 Å². The number of rotatable bonds is 3. The normalized spacial score (nSPS) is 10.7. The largest absolute Gasteiger partial charge is 0.398 e. The molecule has 1 heterocycles. The van der Waals surface area contributed by atoms with Gasteiger partial charge in [0, 0.05) is 42.6 Å². The third-order valence-electron chi connectivity index (χ3n) is 2.92. The molecule has 18 heavy (non-hydrogen) atoms. The Bertz CT molecular complexity index is 562. The molecule has 2 N–H and O–H groups in total. The highest BCUT2D eigenvalue weighted by molar-refractivity contribution is 9.10. The van der Waals surface area contributed by atoms with Gasteiger partial charge in [-0.05, 0) is 40.5 Å². The quantitative estimate of drug-likeness (QED) is 0.887. The first kappa shape index (κ1) is 13.0. The van der Waals surface area contributed by atoms with Crippen LogP contribution in [0.4, 0.5) is 11.4 Å². The smallest absolute Gasteiger partial charge is 0.0539 e. The molecule has 0 aliphatic rings. The van der Waals surface area contributed by atoms with E-state index in [-0.39, 0.29) is 0 Å². The van der Waals surface area contributed by atoms with Crippen LogP contribution >= 0.6 is 15.9 Å². The van der Waals surface area contributed by atoms with E-state index < -0.39 is 0 Å². The van der Waals surface area contributed by atoms with E-state index in [9.17, 15) is 0 Å². The number of anilines is 2. The van der Waals surface area contributed by atoms with E-state index in [0.29, 0.717) is 0 Å². The molecule has 4 nitrogen and oxygen atoms in total. The molecule has 1 aromatic heterocycles. The topological polar surface area (TPSA) is 47.1 Å². The lowest BCUT2D eigenvalue weighted by Gasteiger charge is -2.21. The first-order valence-electron chi connectivity index (χ1n) is 5.71. The molecule has 0 saturated heterocycles. The zero-order valence-corrected chi connectivity index (χ0v) is 12.4. The molecule has 0 amide bonds. The van der Waals surface area contributed by atoms with E-state index in [1.54, 1.807) is 0 Å². The van der Waals surface area contributed by atoms with Crippen LogP contribution in [0.15, 0.2) is 29.0 Å². The minimum atomic E-state index is 0.806. The molecule has 0 unspecified atom stereocenters. The lowest BCUT2D eigenvalue weighted by molar-refractivity contribution is 0.766. The summed E-state index contributed by atoms with van der Waals surface area (Å²) in [4.78, 5) is 2.17. The third kappa shape index (κ3) is 2.67. The summed E-state index contributed by atoms with van der Waals surface area (Å²) >= 11 is 3.56. The number of halogens is 1. The lowest BCUT2D eigenvalue weighted by atomic mass is 10.1. The van der Waals surface area contributed by atoms with Gasteiger partial charge < -0.3 is 10.6 Å². The van der Waals surface area contributed by atoms with Gasteiger partial charge in [-0.2, -0.15) is 5.10 Å². The van der Waals surface area contributed by atoms with Crippen LogP contribution in [-0.4, -0.2) is 16.8 Å². The second-order valence-corrected chi connectivity index (χ2v) is 5.39. The number of nitrogens with two attached hydrogens (primary N) is 1. The highest BCUT2D eigenvalue weighted by Crippen LogP contribution is 2.30. The van der Waals surface area contributed by atoms with Gasteiger partial charge in [0.1, 0.15) is 0 Å². The summed E-state index contributed by atoms with van der Waals surface area (Å²) in [5, 5.41) is 4.18. The van der Waals surface area contributed by atoms with Gasteiger partial charge in [-0.15, -0.1) is 0 Å². The van der Waals surface area contributed by atoms with Crippen LogP contribution in [0, 0.1) is 6.92 Å². The van der Waals surface area contributed by atoms with E-state index in [2.05, 4.69) is 39.0 Å². The van der Waals surface area contributed by atoms with E-state index >= 15 is 0 Å². The molecule has 0 aliphatic carbocycles. The SMILES string of the molecule is Cc1cc(N(C)Cc2cnn(C)c2)c(Br)cc1N. The minimum Gasteiger partial charge on any atom is -0.398 e. The summed E-state index contributed by atoms with van der Waals surface area (Å²) < 4.78 is 2.82. The summed E-state index contributed by atoms with van der Waals surface area (Å²) in [6, 6.07) is 4.04. The molecular formula is C13H17BrN4. The maximum atomic E-state index is 5.88. The van der Waals surface area contributed by atoms with Crippen molar-refractivity contribution in [3.8, 4) is 0 Å². The van der Waals surface area contributed by atoms with Crippen molar-refractivity contribution < 1.29 is 0 Å². The summed E-state index contributed by atoms with van der Waals surface area (Å²) in [5.41, 5.74) is 10.1. The fourth-order valence-electron chi connectivity index (χ4n) is 1.89. The van der Waals surface area contributed by atoms with Gasteiger partial charge in [0.15, 0.2) is 0 Å². The van der Waals surface area contributed by atoms with Gasteiger partial charge in [-0.25, -0.2) is 0 Å². The van der Waals surface area contributed by atoms with Crippen LogP contribution in [0.1, 0.15) is 11.1 Å². The van der Waals surface area contributed by atoms with Gasteiger partial charge in [-0.1, -0.05) is 0 Å². The van der Waals surface area contributed by atoms with E-state index in [4.69, 9.17) is 5.73 Å². The zero-order chi connectivity index (χ0) is 13.3. The summed E-state index contributed by atoms with van der Waals surface area (Å²) in [6.45, 7) is 2.83. The van der Waals surface area contributed by atoms with E-state index in [0.717, 1.165) is 28.0 Å². The maximum Gasteiger partial charge on any atom is 0.0539 e. The molecule has 0 saturated carbocycles. The van der Waals surface area contributed by atoms with Crippen molar-refractivity contribution in [2.45, 2.75) is 13.5 Å². The van der Waals surface area contributed by atoms with Crippen molar-refractivity contribution in [1.29, 1.82) is 0 Å². The molecule has 2 aromatic rings. The van der Waals surface area contributed by atoms with Gasteiger partial charge in [0.25, 0.3) is 0 Å². The average Bonchev–Trinajstić information content (AvgIpc) is 2.69. The number of nitrogen functional groups attached to an aromatic ring is 1. The summed E-state index contributed by atoms with van der Waals surface area (Å²) in [7, 11) is 3.98. The van der Waals surface area contributed by atoms with Crippen molar-refractivity contribution in [3.05, 3.63) is 40.1 Å². The van der Waals surface area contributed by atoms with Crippen molar-refractivity contribution in [1.82, 2.24) is 9.78 Å². The number of hydrogen-bond donors (Lipinski definition) is 1. The highest BCUT2D eigenvalue weighted by Gasteiger charge is 2.09. The highest BCUT2D eigenvalue weighted by atomic mass is 79.9. The Kier molecular flexibility index (Phi) is 3.61. The van der Waals surface area contributed by atoms with Crippen molar-refractivity contribution in [3.63, 3.8) is 0 Å². The van der Waals surface area contributed by atoms with Gasteiger partial charge in [0.05, 0.1) is 11.9 Å². The second kappa shape index (κ2) is 5.02. The van der Waals surface area contributed by atoms with Gasteiger partial charge in [-0.3, -0.25) is 4.68 Å². The number of nitrogens with zero attached hydrogens (tertiary/aromatic N) is 3. The molecule has 0 bridgehead atoms. The van der Waals surface area contributed by atoms with Crippen molar-refractivity contribution in [2.24, 2.45) is 7.05 Å². The van der Waals surface area contributed by atoms with Gasteiger partial charge >= 0.3 is 0 Å². The first-order valence-corrected chi connectivity index (χ1v) is 6.51. The Morgan fingerprint density at radius 3 is 2.78 bits per heavy atom. The molecule has 0 atom stereocenters. The fraction of sp³-hybridized carbons (Fsp3) is 0.308. The number of aromatic nitrogens is 2. The predicted octanol–water partition coefficient (Wildman–Crippen LogP) is 2.71. The minimum absolute atomic E-state index is 0.806. The molecule has 0 fully saturated rings. The lowest BCUT2D eigenvalue weighted by Crippen LogP contribution is -2.17. The van der Waals surface area contributed by atoms with E-state index in [1.165, 1.54) is 5.56 Å². The molecule has 5 heteroatoms. The summed E-state index contributed by atoms with van der Waals surface area (Å²) in [6.07, 6.45) is 3.91. The monoisotopic (exact) mass is 308 g/mol. The van der Waals surface area contributed by atoms with Crippen LogP contribution in [-0.2, 0) is 13.6 Å². The van der Waals surface area contributed by atoms with Crippen molar-refractivity contribution in [2.75, 3.05) is 17.7 Å². The maximum absolute atomic E-state index is 5.88. The average molecular weight is 309 g/mol. The Morgan fingerprint density at radius 2 is 2.17 bits per heavy atom. The van der Waals surface area contributed by atoms with Crippen LogP contribution in [0.3, 0.4) is 0 Å². The molecule has 0 spiro atoms. The Hall–Kier alpha value is -1.49. The molecule has 1 aromatic carbocycles. The Balaban J connectivity index is 2.23. The Morgan fingerprint density at radius 1 is 1.44 bits per heavy atom. The number of aryl methyl sites for hydroxylation is 2. The first-order chi connectivity index (χ1) is 8.47. The molecule has 2 rings (SSSR count). The third-order valence-corrected chi connectivity index (χ3v) is 3.56. The molecule has 96 valence electrons. The molecule has 0 radical (unpaired) electrons.